The lowest BCUT2D eigenvalue weighted by molar-refractivity contribution is -0.118. The smallest absolute Gasteiger partial charge is 0.251 e. The maximum atomic E-state index is 12.0. The monoisotopic (exact) mass is 276 g/mol. The molecule has 2 amide bonds. The number of nitrogens with one attached hydrogen (secondary N) is 1. The molecule has 2 rings (SSSR count). The van der Waals surface area contributed by atoms with Crippen molar-refractivity contribution >= 4 is 17.5 Å². The lowest BCUT2D eigenvalue weighted by Crippen LogP contribution is -2.32. The number of rotatable bonds is 4. The maximum absolute atomic E-state index is 12.0. The molecule has 0 bridgehead atoms. The van der Waals surface area contributed by atoms with Crippen LogP contribution in [-0.4, -0.2) is 37.1 Å². The lowest BCUT2D eigenvalue weighted by atomic mass is 9.99. The molecule has 108 valence electrons. The van der Waals surface area contributed by atoms with Gasteiger partial charge >= 0.3 is 0 Å². The van der Waals surface area contributed by atoms with E-state index in [1.807, 2.05) is 19.1 Å². The first kappa shape index (κ1) is 14.5. The Morgan fingerprint density at radius 3 is 2.90 bits per heavy atom. The number of benzene rings is 1. The maximum Gasteiger partial charge on any atom is 0.251 e. The van der Waals surface area contributed by atoms with Crippen LogP contribution in [0.1, 0.15) is 29.3 Å². The van der Waals surface area contributed by atoms with Gasteiger partial charge in [-0.3, -0.25) is 9.59 Å². The van der Waals surface area contributed by atoms with Crippen molar-refractivity contribution in [3.63, 3.8) is 0 Å². The van der Waals surface area contributed by atoms with Crippen LogP contribution in [0.3, 0.4) is 0 Å². The van der Waals surface area contributed by atoms with Crippen LogP contribution in [0.2, 0.25) is 0 Å². The number of amides is 2. The molecular weight excluding hydrogens is 256 g/mol. The Kier molecular flexibility index (Phi) is 4.39. The van der Waals surface area contributed by atoms with Gasteiger partial charge in [0.05, 0.1) is 0 Å². The van der Waals surface area contributed by atoms with E-state index in [0.717, 1.165) is 11.3 Å². The number of fused-ring (bicyclic) bond motifs is 1. The predicted octanol–water partition coefficient (Wildman–Crippen LogP) is 0.954. The zero-order valence-corrected chi connectivity index (χ0v) is 11.8. The highest BCUT2D eigenvalue weighted by Gasteiger charge is 2.21. The summed E-state index contributed by atoms with van der Waals surface area (Å²) in [5.74, 6) is -0.000503. The number of carbonyl (C=O) groups is 2. The van der Waals surface area contributed by atoms with Gasteiger partial charge in [0.2, 0.25) is 5.91 Å². The van der Waals surface area contributed by atoms with Crippen LogP contribution >= 0.6 is 0 Å². The van der Waals surface area contributed by atoms with E-state index in [9.17, 15) is 9.59 Å². The van der Waals surface area contributed by atoms with Gasteiger partial charge in [-0.25, -0.2) is 0 Å². The lowest BCUT2D eigenvalue weighted by Gasteiger charge is -2.26. The van der Waals surface area contributed by atoms with E-state index in [-0.39, 0.29) is 24.3 Å². The van der Waals surface area contributed by atoms with E-state index in [4.69, 9.17) is 5.11 Å². The number of aliphatic hydroxyl groups is 1. The highest BCUT2D eigenvalue weighted by Crippen LogP contribution is 2.27. The average Bonchev–Trinajstić information content (AvgIpc) is 2.47. The molecule has 1 aliphatic heterocycles. The van der Waals surface area contributed by atoms with Crippen molar-refractivity contribution in [3.8, 4) is 0 Å². The molecule has 1 heterocycles. The first-order valence-corrected chi connectivity index (χ1v) is 6.81. The average molecular weight is 276 g/mol. The van der Waals surface area contributed by atoms with Crippen LogP contribution < -0.4 is 10.2 Å². The van der Waals surface area contributed by atoms with Crippen molar-refractivity contribution in [2.75, 3.05) is 25.1 Å². The van der Waals surface area contributed by atoms with Gasteiger partial charge in [0.25, 0.3) is 5.91 Å². The van der Waals surface area contributed by atoms with Crippen molar-refractivity contribution in [2.24, 2.45) is 5.92 Å². The Balaban J connectivity index is 2.11. The summed E-state index contributed by atoms with van der Waals surface area (Å²) in [7, 11) is 1.75. The number of aryl methyl sites for hydroxylation is 1. The molecule has 1 aromatic rings. The summed E-state index contributed by atoms with van der Waals surface area (Å²) >= 11 is 0. The van der Waals surface area contributed by atoms with Gasteiger partial charge in [-0.15, -0.1) is 0 Å². The number of carbonyl (C=O) groups excluding carboxylic acids is 2. The van der Waals surface area contributed by atoms with Crippen LogP contribution in [-0.2, 0) is 11.2 Å². The highest BCUT2D eigenvalue weighted by molar-refractivity contribution is 5.98. The van der Waals surface area contributed by atoms with Crippen molar-refractivity contribution in [1.82, 2.24) is 5.32 Å². The molecule has 5 heteroatoms. The minimum Gasteiger partial charge on any atom is -0.396 e. The molecule has 20 heavy (non-hydrogen) atoms. The largest absolute Gasteiger partial charge is 0.396 e. The molecule has 0 aromatic heterocycles. The number of hydrogen-bond donors (Lipinski definition) is 2. The molecule has 1 aliphatic rings. The number of nitrogens with zero attached hydrogens (tertiary/aromatic N) is 1. The molecule has 5 nitrogen and oxygen atoms in total. The molecule has 0 spiro atoms. The summed E-state index contributed by atoms with van der Waals surface area (Å²) in [5.41, 5.74) is 2.49. The molecular formula is C15H20N2O3. The SMILES string of the molecule is CC(CO)CNC(=O)c1ccc2c(c1)CCC(=O)N2C. The minimum absolute atomic E-state index is 0.0420. The Hall–Kier alpha value is -1.88. The molecule has 1 aromatic carbocycles. The molecule has 2 N–H and O–H groups in total. The first-order chi connectivity index (χ1) is 9.52. The minimum atomic E-state index is -0.146. The van der Waals surface area contributed by atoms with Crippen LogP contribution in [0.25, 0.3) is 0 Å². The van der Waals surface area contributed by atoms with Gasteiger partial charge in [-0.2, -0.15) is 0 Å². The molecule has 1 unspecified atom stereocenters. The van der Waals surface area contributed by atoms with Crippen molar-refractivity contribution < 1.29 is 14.7 Å². The van der Waals surface area contributed by atoms with Crippen LogP contribution in [0, 0.1) is 5.92 Å². The van der Waals surface area contributed by atoms with E-state index in [1.165, 1.54) is 0 Å². The summed E-state index contributed by atoms with van der Waals surface area (Å²) < 4.78 is 0. The summed E-state index contributed by atoms with van der Waals surface area (Å²) in [4.78, 5) is 25.3. The number of hydrogen-bond acceptors (Lipinski definition) is 3. The Labute approximate surface area is 118 Å². The topological polar surface area (TPSA) is 69.6 Å². The third kappa shape index (κ3) is 2.99. The highest BCUT2D eigenvalue weighted by atomic mass is 16.3. The standard InChI is InChI=1S/C15H20N2O3/c1-10(9-18)8-16-15(20)12-3-5-13-11(7-12)4-6-14(19)17(13)2/h3,5,7,10,18H,4,6,8-9H2,1-2H3,(H,16,20). The number of anilines is 1. The zero-order chi connectivity index (χ0) is 14.7. The molecule has 1 atom stereocenters. The summed E-state index contributed by atoms with van der Waals surface area (Å²) in [6.07, 6.45) is 1.16. The second-order valence-electron chi connectivity index (χ2n) is 5.29. The van der Waals surface area contributed by atoms with Crippen molar-refractivity contribution in [1.29, 1.82) is 0 Å². The second-order valence-corrected chi connectivity index (χ2v) is 5.29. The Morgan fingerprint density at radius 1 is 1.45 bits per heavy atom. The second kappa shape index (κ2) is 6.05. The predicted molar refractivity (Wildman–Crippen MR) is 76.8 cm³/mol. The van der Waals surface area contributed by atoms with E-state index in [2.05, 4.69) is 5.32 Å². The van der Waals surface area contributed by atoms with Crippen molar-refractivity contribution in [2.45, 2.75) is 19.8 Å². The van der Waals surface area contributed by atoms with E-state index >= 15 is 0 Å². The van der Waals surface area contributed by atoms with E-state index in [0.29, 0.717) is 24.9 Å². The fraction of sp³-hybridized carbons (Fsp3) is 0.467. The fourth-order valence-electron chi connectivity index (χ4n) is 2.23. The van der Waals surface area contributed by atoms with E-state index < -0.39 is 0 Å². The van der Waals surface area contributed by atoms with Crippen LogP contribution in [0.5, 0.6) is 0 Å². The third-order valence-corrected chi connectivity index (χ3v) is 3.61. The van der Waals surface area contributed by atoms with Crippen LogP contribution in [0.15, 0.2) is 18.2 Å². The van der Waals surface area contributed by atoms with Gasteiger partial charge in [-0.1, -0.05) is 6.92 Å². The number of aliphatic hydroxyl groups excluding tert-OH is 1. The van der Waals surface area contributed by atoms with Gasteiger partial charge in [0.15, 0.2) is 0 Å². The van der Waals surface area contributed by atoms with Gasteiger partial charge in [-0.05, 0) is 36.1 Å². The Bertz CT molecular complexity index is 528. The van der Waals surface area contributed by atoms with E-state index in [1.54, 1.807) is 18.0 Å². The third-order valence-electron chi connectivity index (χ3n) is 3.61. The molecule has 0 fully saturated rings. The summed E-state index contributed by atoms with van der Waals surface area (Å²) in [6, 6.07) is 5.39. The molecule has 0 aliphatic carbocycles. The van der Waals surface area contributed by atoms with Gasteiger partial charge < -0.3 is 15.3 Å². The van der Waals surface area contributed by atoms with Crippen molar-refractivity contribution in [3.05, 3.63) is 29.3 Å². The zero-order valence-electron chi connectivity index (χ0n) is 11.8. The molecule has 0 saturated carbocycles. The van der Waals surface area contributed by atoms with Crippen LogP contribution in [0.4, 0.5) is 5.69 Å². The summed E-state index contributed by atoms with van der Waals surface area (Å²) in [5, 5.41) is 11.7. The first-order valence-electron chi connectivity index (χ1n) is 6.81. The Morgan fingerprint density at radius 2 is 2.20 bits per heavy atom. The summed E-state index contributed by atoms with van der Waals surface area (Å²) in [6.45, 7) is 2.37. The molecule has 0 saturated heterocycles. The fourth-order valence-corrected chi connectivity index (χ4v) is 2.23. The van der Waals surface area contributed by atoms with Gasteiger partial charge in [0, 0.05) is 37.9 Å². The normalized spacial score (nSPS) is 15.8. The quantitative estimate of drug-likeness (QED) is 0.860. The molecule has 0 radical (unpaired) electrons. The van der Waals surface area contributed by atoms with Gasteiger partial charge in [0.1, 0.15) is 0 Å².